The predicted molar refractivity (Wildman–Crippen MR) is 87.1 cm³/mol. The van der Waals surface area contributed by atoms with E-state index < -0.39 is 18.6 Å². The second-order valence-corrected chi connectivity index (χ2v) is 7.05. The van der Waals surface area contributed by atoms with Crippen LogP contribution >= 0.6 is 11.3 Å². The van der Waals surface area contributed by atoms with Crippen LogP contribution in [0.2, 0.25) is 0 Å². The first-order valence-electron chi connectivity index (χ1n) is 7.82. The van der Waals surface area contributed by atoms with Crippen LogP contribution in [0.1, 0.15) is 23.8 Å². The smallest absolute Gasteiger partial charge is 0.346 e. The molecule has 24 heavy (non-hydrogen) atoms. The summed E-state index contributed by atoms with van der Waals surface area (Å²) in [5, 5.41) is 2.97. The quantitative estimate of drug-likeness (QED) is 0.914. The highest BCUT2D eigenvalue weighted by Crippen LogP contribution is 2.32. The summed E-state index contributed by atoms with van der Waals surface area (Å²) >= 11 is 1.65. The minimum Gasteiger partial charge on any atom is -0.346 e. The van der Waals surface area contributed by atoms with Crippen molar-refractivity contribution >= 4 is 27.5 Å². The third-order valence-corrected chi connectivity index (χ3v) is 5.22. The zero-order valence-corrected chi connectivity index (χ0v) is 13.8. The zero-order valence-electron chi connectivity index (χ0n) is 13.0. The summed E-state index contributed by atoms with van der Waals surface area (Å²) in [6, 6.07) is 7.93. The lowest BCUT2D eigenvalue weighted by molar-refractivity contribution is -0.139. The van der Waals surface area contributed by atoms with E-state index in [0.717, 1.165) is 34.6 Å². The van der Waals surface area contributed by atoms with E-state index in [9.17, 15) is 18.0 Å². The standard InChI is InChI=1S/C16H18F3N3OS/c17-16(18,19)10-20-14(23)9-22-7-3-4-11(8-22)15-21-12-5-1-2-6-13(12)24-15/h1-2,5-6,11H,3-4,7-10H2,(H,20,23)/t11-/m1/s1. The Kier molecular flexibility index (Phi) is 5.05. The summed E-state index contributed by atoms with van der Waals surface area (Å²) in [5.74, 6) is -0.358. The van der Waals surface area contributed by atoms with Crippen LogP contribution in [0, 0.1) is 0 Å². The highest BCUT2D eigenvalue weighted by molar-refractivity contribution is 7.18. The van der Waals surface area contributed by atoms with Gasteiger partial charge >= 0.3 is 6.18 Å². The average Bonchev–Trinajstić information content (AvgIpc) is 2.97. The normalized spacial score (nSPS) is 19.5. The molecule has 0 spiro atoms. The number of piperidine rings is 1. The number of fused-ring (bicyclic) bond motifs is 1. The number of nitrogens with one attached hydrogen (secondary N) is 1. The SMILES string of the molecule is O=C(CN1CCC[C@@H](c2nc3ccccc3s2)C1)NCC(F)(F)F. The van der Waals surface area contributed by atoms with Gasteiger partial charge in [-0.2, -0.15) is 13.2 Å². The first-order valence-corrected chi connectivity index (χ1v) is 8.63. The van der Waals surface area contributed by atoms with Gasteiger partial charge in [-0.15, -0.1) is 11.3 Å². The molecule has 1 atom stereocenters. The largest absolute Gasteiger partial charge is 0.405 e. The van der Waals surface area contributed by atoms with Crippen molar-refractivity contribution in [3.63, 3.8) is 0 Å². The number of hydrogen-bond acceptors (Lipinski definition) is 4. The number of carbonyl (C=O) groups excluding carboxylic acids is 1. The number of para-hydroxylation sites is 1. The van der Waals surface area contributed by atoms with Crippen molar-refractivity contribution in [2.45, 2.75) is 24.9 Å². The van der Waals surface area contributed by atoms with E-state index >= 15 is 0 Å². The lowest BCUT2D eigenvalue weighted by Crippen LogP contribution is -2.44. The Hall–Kier alpha value is -1.67. The first kappa shape index (κ1) is 17.2. The number of carbonyl (C=O) groups is 1. The van der Waals surface area contributed by atoms with Crippen LogP contribution in [0.4, 0.5) is 13.2 Å². The summed E-state index contributed by atoms with van der Waals surface area (Å²) in [5.41, 5.74) is 0.970. The Labute approximate surface area is 141 Å². The Balaban J connectivity index is 1.59. The molecule has 0 saturated carbocycles. The molecular formula is C16H18F3N3OS. The van der Waals surface area contributed by atoms with Crippen LogP contribution in [0.15, 0.2) is 24.3 Å². The minimum atomic E-state index is -4.37. The molecule has 1 aromatic heterocycles. The second-order valence-electron chi connectivity index (χ2n) is 5.99. The van der Waals surface area contributed by atoms with E-state index in [1.807, 2.05) is 34.5 Å². The second kappa shape index (κ2) is 7.06. The lowest BCUT2D eigenvalue weighted by atomic mass is 9.99. The highest BCUT2D eigenvalue weighted by atomic mass is 32.1. The van der Waals surface area contributed by atoms with Crippen LogP contribution in [0.25, 0.3) is 10.2 Å². The van der Waals surface area contributed by atoms with Gasteiger partial charge in [-0.3, -0.25) is 9.69 Å². The fourth-order valence-corrected chi connectivity index (χ4v) is 4.02. The topological polar surface area (TPSA) is 45.2 Å². The molecular weight excluding hydrogens is 339 g/mol. The van der Waals surface area contributed by atoms with Crippen molar-refractivity contribution < 1.29 is 18.0 Å². The van der Waals surface area contributed by atoms with Crippen LogP contribution in [-0.4, -0.2) is 48.1 Å². The Morgan fingerprint density at radius 3 is 2.92 bits per heavy atom. The van der Waals surface area contributed by atoms with Crippen LogP contribution in [-0.2, 0) is 4.79 Å². The number of likely N-dealkylation sites (tertiary alicyclic amines) is 1. The summed E-state index contributed by atoms with van der Waals surface area (Å²) in [6.45, 7) is 0.0958. The van der Waals surface area contributed by atoms with Gasteiger partial charge in [-0.1, -0.05) is 12.1 Å². The molecule has 1 aromatic carbocycles. The van der Waals surface area contributed by atoms with Crippen molar-refractivity contribution in [3.8, 4) is 0 Å². The van der Waals surface area contributed by atoms with E-state index in [-0.39, 0.29) is 12.5 Å². The van der Waals surface area contributed by atoms with Gasteiger partial charge in [0.2, 0.25) is 5.91 Å². The third-order valence-electron chi connectivity index (χ3n) is 4.02. The lowest BCUT2D eigenvalue weighted by Gasteiger charge is -2.31. The maximum absolute atomic E-state index is 12.1. The molecule has 2 aromatic rings. The molecule has 3 rings (SSSR count). The molecule has 1 aliphatic rings. The predicted octanol–water partition coefficient (Wildman–Crippen LogP) is 3.15. The summed E-state index contributed by atoms with van der Waals surface area (Å²) < 4.78 is 37.6. The molecule has 2 heterocycles. The molecule has 1 fully saturated rings. The number of halogens is 3. The highest BCUT2D eigenvalue weighted by Gasteiger charge is 2.29. The van der Waals surface area contributed by atoms with Gasteiger partial charge in [0.15, 0.2) is 0 Å². The number of nitrogens with zero attached hydrogens (tertiary/aromatic N) is 2. The molecule has 8 heteroatoms. The number of thiazole rings is 1. The van der Waals surface area contributed by atoms with Crippen molar-refractivity contribution in [2.24, 2.45) is 0 Å². The van der Waals surface area contributed by atoms with Crippen molar-refractivity contribution in [1.82, 2.24) is 15.2 Å². The van der Waals surface area contributed by atoms with Gasteiger partial charge in [0.1, 0.15) is 6.54 Å². The maximum Gasteiger partial charge on any atom is 0.405 e. The molecule has 130 valence electrons. The average molecular weight is 357 g/mol. The number of rotatable bonds is 4. The van der Waals surface area contributed by atoms with E-state index in [1.165, 1.54) is 0 Å². The van der Waals surface area contributed by atoms with Gasteiger partial charge in [0, 0.05) is 12.5 Å². The van der Waals surface area contributed by atoms with Crippen molar-refractivity contribution in [3.05, 3.63) is 29.3 Å². The molecule has 1 saturated heterocycles. The van der Waals surface area contributed by atoms with Crippen LogP contribution in [0.3, 0.4) is 0 Å². The van der Waals surface area contributed by atoms with Gasteiger partial charge in [0.05, 0.1) is 21.8 Å². The van der Waals surface area contributed by atoms with Crippen molar-refractivity contribution in [2.75, 3.05) is 26.2 Å². The maximum atomic E-state index is 12.1. The Morgan fingerprint density at radius 1 is 1.38 bits per heavy atom. The molecule has 0 radical (unpaired) electrons. The van der Waals surface area contributed by atoms with Gasteiger partial charge in [0.25, 0.3) is 0 Å². The van der Waals surface area contributed by atoms with E-state index in [4.69, 9.17) is 0 Å². The number of amides is 1. The van der Waals surface area contributed by atoms with E-state index in [0.29, 0.717) is 6.54 Å². The molecule has 0 unspecified atom stereocenters. The number of hydrogen-bond donors (Lipinski definition) is 1. The molecule has 4 nitrogen and oxygen atoms in total. The van der Waals surface area contributed by atoms with E-state index in [2.05, 4.69) is 4.98 Å². The van der Waals surface area contributed by atoms with Gasteiger partial charge in [-0.25, -0.2) is 4.98 Å². The van der Waals surface area contributed by atoms with Crippen LogP contribution in [0.5, 0.6) is 0 Å². The summed E-state index contributed by atoms with van der Waals surface area (Å²) in [7, 11) is 0. The molecule has 1 amide bonds. The zero-order chi connectivity index (χ0) is 17.2. The third kappa shape index (κ3) is 4.45. The summed E-state index contributed by atoms with van der Waals surface area (Å²) in [4.78, 5) is 18.2. The fraction of sp³-hybridized carbons (Fsp3) is 0.500. The summed E-state index contributed by atoms with van der Waals surface area (Å²) in [6.07, 6.45) is -2.48. The number of alkyl halides is 3. The Morgan fingerprint density at radius 2 is 2.17 bits per heavy atom. The molecule has 0 aliphatic carbocycles. The first-order chi connectivity index (χ1) is 11.4. The Bertz CT molecular complexity index is 683. The number of aromatic nitrogens is 1. The van der Waals surface area contributed by atoms with E-state index in [1.54, 1.807) is 11.3 Å². The number of benzene rings is 1. The van der Waals surface area contributed by atoms with Crippen molar-refractivity contribution in [1.29, 1.82) is 0 Å². The van der Waals surface area contributed by atoms with Gasteiger partial charge in [-0.05, 0) is 31.5 Å². The monoisotopic (exact) mass is 357 g/mol. The fourth-order valence-electron chi connectivity index (χ4n) is 2.92. The van der Waals surface area contributed by atoms with Crippen LogP contribution < -0.4 is 5.32 Å². The molecule has 0 bridgehead atoms. The minimum absolute atomic E-state index is 0.00250. The molecule has 1 N–H and O–H groups in total. The molecule has 1 aliphatic heterocycles. The van der Waals surface area contributed by atoms with Gasteiger partial charge < -0.3 is 5.32 Å².